The third kappa shape index (κ3) is 5.45. The van der Waals surface area contributed by atoms with E-state index < -0.39 is 5.97 Å². The predicted octanol–water partition coefficient (Wildman–Crippen LogP) is 6.49. The fourth-order valence-corrected chi connectivity index (χ4v) is 4.19. The van der Waals surface area contributed by atoms with Gasteiger partial charge in [0.1, 0.15) is 0 Å². The lowest BCUT2D eigenvalue weighted by Gasteiger charge is -2.14. The van der Waals surface area contributed by atoms with Crippen LogP contribution in [0.2, 0.25) is 0 Å². The molecule has 0 radical (unpaired) electrons. The highest BCUT2D eigenvalue weighted by Crippen LogP contribution is 2.35. The second-order valence-corrected chi connectivity index (χ2v) is 8.55. The van der Waals surface area contributed by atoms with Crippen molar-refractivity contribution in [2.45, 2.75) is 20.3 Å². The fraction of sp³-hybridized carbons (Fsp3) is 0.185. The smallest absolute Gasteiger partial charge is 0.363 e. The van der Waals surface area contributed by atoms with E-state index in [1.807, 2.05) is 61.5 Å². The largest absolute Gasteiger partial charge is 0.490 e. The van der Waals surface area contributed by atoms with E-state index in [-0.39, 0.29) is 5.70 Å². The first-order valence-electron chi connectivity index (χ1n) is 10.9. The number of esters is 1. The van der Waals surface area contributed by atoms with E-state index in [4.69, 9.17) is 14.2 Å². The van der Waals surface area contributed by atoms with Crippen molar-refractivity contribution < 1.29 is 19.0 Å². The van der Waals surface area contributed by atoms with Gasteiger partial charge in [-0.2, -0.15) is 0 Å². The van der Waals surface area contributed by atoms with Crippen molar-refractivity contribution >= 4 is 40.5 Å². The summed E-state index contributed by atoms with van der Waals surface area (Å²) >= 11 is 2.22. The molecule has 0 aromatic heterocycles. The Morgan fingerprint density at radius 2 is 1.64 bits per heavy atom. The van der Waals surface area contributed by atoms with Crippen molar-refractivity contribution in [3.8, 4) is 22.6 Å². The Bertz CT molecular complexity index is 1200. The monoisotopic (exact) mass is 553 g/mol. The zero-order chi connectivity index (χ0) is 23.2. The average molecular weight is 553 g/mol. The first kappa shape index (κ1) is 23.0. The standard InChI is InChI=1S/C27H24INO4/c1-3-14-32-25-22(28)15-18(17-24(25)31-4-2)16-23-27(30)33-26(29-23)21-12-10-20(11-13-21)19-8-6-5-7-9-19/h5-13,15-17H,3-4,14H2,1-2H3/b23-16-. The van der Waals surface area contributed by atoms with Gasteiger partial charge in [-0.3, -0.25) is 0 Å². The molecule has 5 nitrogen and oxygen atoms in total. The Balaban J connectivity index is 1.60. The molecule has 0 amide bonds. The average Bonchev–Trinajstić information content (AvgIpc) is 3.19. The molecule has 3 aromatic carbocycles. The number of rotatable bonds is 8. The van der Waals surface area contributed by atoms with Crippen molar-refractivity contribution in [1.29, 1.82) is 0 Å². The molecular formula is C27H24INO4. The summed E-state index contributed by atoms with van der Waals surface area (Å²) in [6, 6.07) is 21.7. The molecule has 0 atom stereocenters. The highest BCUT2D eigenvalue weighted by atomic mass is 127. The molecule has 0 unspecified atom stereocenters. The number of ether oxygens (including phenoxy) is 3. The molecule has 0 aliphatic carbocycles. The van der Waals surface area contributed by atoms with Crippen LogP contribution in [0.5, 0.6) is 11.5 Å². The van der Waals surface area contributed by atoms with Crippen LogP contribution >= 0.6 is 22.6 Å². The first-order valence-corrected chi connectivity index (χ1v) is 11.9. The van der Waals surface area contributed by atoms with E-state index in [1.54, 1.807) is 6.08 Å². The Morgan fingerprint density at radius 3 is 2.33 bits per heavy atom. The fourth-order valence-electron chi connectivity index (χ4n) is 3.40. The molecule has 1 aliphatic heterocycles. The van der Waals surface area contributed by atoms with Crippen LogP contribution in [0.25, 0.3) is 17.2 Å². The minimum atomic E-state index is -0.476. The third-order valence-corrected chi connectivity index (χ3v) is 5.75. The van der Waals surface area contributed by atoms with Crippen LogP contribution in [-0.4, -0.2) is 25.1 Å². The maximum atomic E-state index is 12.5. The quantitative estimate of drug-likeness (QED) is 0.182. The molecule has 33 heavy (non-hydrogen) atoms. The molecule has 168 valence electrons. The SMILES string of the molecule is CCCOc1c(I)cc(/C=C2\N=C(c3ccc(-c4ccccc4)cc3)OC2=O)cc1OCC. The van der Waals surface area contributed by atoms with Crippen molar-refractivity contribution in [1.82, 2.24) is 0 Å². The van der Waals surface area contributed by atoms with E-state index in [2.05, 4.69) is 46.6 Å². The van der Waals surface area contributed by atoms with E-state index in [0.29, 0.717) is 24.9 Å². The topological polar surface area (TPSA) is 57.1 Å². The number of hydrogen-bond acceptors (Lipinski definition) is 5. The minimum Gasteiger partial charge on any atom is -0.490 e. The summed E-state index contributed by atoms with van der Waals surface area (Å²) < 4.78 is 18.0. The number of carbonyl (C=O) groups is 1. The molecule has 0 bridgehead atoms. The van der Waals surface area contributed by atoms with Gasteiger partial charge in [0.25, 0.3) is 0 Å². The Labute approximate surface area is 207 Å². The Morgan fingerprint density at radius 1 is 0.939 bits per heavy atom. The number of aliphatic imine (C=N–C) groups is 1. The molecule has 0 fully saturated rings. The number of carbonyl (C=O) groups excluding carboxylic acids is 1. The molecule has 6 heteroatoms. The molecule has 4 rings (SSSR count). The summed E-state index contributed by atoms with van der Waals surface area (Å²) in [6.07, 6.45) is 2.62. The predicted molar refractivity (Wildman–Crippen MR) is 139 cm³/mol. The van der Waals surface area contributed by atoms with Gasteiger partial charge in [0.05, 0.1) is 16.8 Å². The van der Waals surface area contributed by atoms with Gasteiger partial charge in [0.2, 0.25) is 5.90 Å². The molecular weight excluding hydrogens is 529 g/mol. The molecule has 0 N–H and O–H groups in total. The highest BCUT2D eigenvalue weighted by Gasteiger charge is 2.24. The van der Waals surface area contributed by atoms with Gasteiger partial charge in [-0.25, -0.2) is 9.79 Å². The summed E-state index contributed by atoms with van der Waals surface area (Å²) in [5, 5.41) is 0. The van der Waals surface area contributed by atoms with E-state index in [9.17, 15) is 4.79 Å². The molecule has 1 heterocycles. The van der Waals surface area contributed by atoms with Crippen LogP contribution in [0.4, 0.5) is 0 Å². The van der Waals surface area contributed by atoms with Gasteiger partial charge < -0.3 is 14.2 Å². The van der Waals surface area contributed by atoms with E-state index >= 15 is 0 Å². The van der Waals surface area contributed by atoms with Crippen molar-refractivity contribution in [2.24, 2.45) is 4.99 Å². The summed E-state index contributed by atoms with van der Waals surface area (Å²) in [7, 11) is 0. The first-order chi connectivity index (χ1) is 16.1. The minimum absolute atomic E-state index is 0.248. The van der Waals surface area contributed by atoms with Crippen molar-refractivity contribution in [2.75, 3.05) is 13.2 Å². The summed E-state index contributed by atoms with van der Waals surface area (Å²) in [6.45, 7) is 5.11. The lowest BCUT2D eigenvalue weighted by atomic mass is 10.0. The third-order valence-electron chi connectivity index (χ3n) is 4.95. The number of hydrogen-bond donors (Lipinski definition) is 0. The number of nitrogens with zero attached hydrogens (tertiary/aromatic N) is 1. The van der Waals surface area contributed by atoms with E-state index in [1.165, 1.54) is 0 Å². The normalized spacial score (nSPS) is 14.2. The summed E-state index contributed by atoms with van der Waals surface area (Å²) in [4.78, 5) is 16.9. The van der Waals surface area contributed by atoms with Crippen LogP contribution in [0.3, 0.4) is 0 Å². The lowest BCUT2D eigenvalue weighted by molar-refractivity contribution is -0.129. The number of cyclic esters (lactones) is 1. The zero-order valence-electron chi connectivity index (χ0n) is 18.5. The van der Waals surface area contributed by atoms with Gasteiger partial charge in [0.15, 0.2) is 17.2 Å². The van der Waals surface area contributed by atoms with Gasteiger partial charge in [-0.05, 0) is 83.0 Å². The maximum Gasteiger partial charge on any atom is 0.363 e. The van der Waals surface area contributed by atoms with Gasteiger partial charge in [-0.1, -0.05) is 49.4 Å². The molecule has 0 spiro atoms. The van der Waals surface area contributed by atoms with E-state index in [0.717, 1.165) is 38.0 Å². The Kier molecular flexibility index (Phi) is 7.44. The second kappa shape index (κ2) is 10.7. The Hall–Kier alpha value is -3.13. The maximum absolute atomic E-state index is 12.5. The van der Waals surface area contributed by atoms with Crippen LogP contribution in [0, 0.1) is 3.57 Å². The second-order valence-electron chi connectivity index (χ2n) is 7.39. The van der Waals surface area contributed by atoms with Crippen LogP contribution < -0.4 is 9.47 Å². The number of halogens is 1. The van der Waals surface area contributed by atoms with Crippen molar-refractivity contribution in [3.63, 3.8) is 0 Å². The lowest BCUT2D eigenvalue weighted by Crippen LogP contribution is -2.05. The van der Waals surface area contributed by atoms with Gasteiger partial charge in [-0.15, -0.1) is 0 Å². The zero-order valence-corrected chi connectivity index (χ0v) is 20.7. The molecule has 0 saturated heterocycles. The van der Waals surface area contributed by atoms with Crippen LogP contribution in [0.15, 0.2) is 77.4 Å². The molecule has 1 aliphatic rings. The van der Waals surface area contributed by atoms with Crippen molar-refractivity contribution in [3.05, 3.63) is 87.1 Å². The van der Waals surface area contributed by atoms with Crippen LogP contribution in [0.1, 0.15) is 31.4 Å². The highest BCUT2D eigenvalue weighted by molar-refractivity contribution is 14.1. The van der Waals surface area contributed by atoms with Gasteiger partial charge >= 0.3 is 5.97 Å². The number of benzene rings is 3. The molecule has 0 saturated carbocycles. The summed E-state index contributed by atoms with van der Waals surface area (Å²) in [5.41, 5.74) is 4.00. The summed E-state index contributed by atoms with van der Waals surface area (Å²) in [5.74, 6) is 1.19. The molecule has 3 aromatic rings. The van der Waals surface area contributed by atoms with Gasteiger partial charge in [0, 0.05) is 5.56 Å². The van der Waals surface area contributed by atoms with Crippen LogP contribution in [-0.2, 0) is 9.53 Å².